The Labute approximate surface area is 164 Å². The van der Waals surface area contributed by atoms with Crippen LogP contribution in [0.3, 0.4) is 0 Å². The van der Waals surface area contributed by atoms with Crippen LogP contribution in [0.4, 0.5) is 14.5 Å². The second-order valence-electron chi connectivity index (χ2n) is 6.58. The molecule has 5 nitrogen and oxygen atoms in total. The normalized spacial score (nSPS) is 11.0. The highest BCUT2D eigenvalue weighted by atomic mass is 19.1. The van der Waals surface area contributed by atoms with Crippen molar-refractivity contribution in [2.45, 2.75) is 6.54 Å². The summed E-state index contributed by atoms with van der Waals surface area (Å²) in [4.78, 5) is 16.3. The van der Waals surface area contributed by atoms with Crippen molar-refractivity contribution in [2.24, 2.45) is 0 Å². The van der Waals surface area contributed by atoms with Crippen LogP contribution in [0.15, 0.2) is 65.6 Å². The third kappa shape index (κ3) is 3.38. The topological polar surface area (TPSA) is 84.8 Å². The van der Waals surface area contributed by atoms with Crippen LogP contribution in [0, 0.1) is 17.0 Å². The second-order valence-corrected chi connectivity index (χ2v) is 6.58. The van der Waals surface area contributed by atoms with Gasteiger partial charge >= 0.3 is 0 Å². The molecule has 0 amide bonds. The number of anilines is 1. The minimum absolute atomic E-state index is 0.213. The lowest BCUT2D eigenvalue weighted by Crippen LogP contribution is -2.22. The highest BCUT2D eigenvalue weighted by Crippen LogP contribution is 2.27. The number of fused-ring (bicyclic) bond motifs is 1. The van der Waals surface area contributed by atoms with Crippen molar-refractivity contribution in [1.29, 1.82) is 5.41 Å². The predicted octanol–water partition coefficient (Wildman–Crippen LogP) is 3.97. The summed E-state index contributed by atoms with van der Waals surface area (Å²) in [6.07, 6.45) is 2.22. The highest BCUT2D eigenvalue weighted by Gasteiger charge is 2.15. The van der Waals surface area contributed by atoms with Crippen LogP contribution in [0.25, 0.3) is 22.2 Å². The molecule has 1 aromatic heterocycles. The van der Waals surface area contributed by atoms with Gasteiger partial charge < -0.3 is 15.7 Å². The van der Waals surface area contributed by atoms with Gasteiger partial charge in [-0.1, -0.05) is 18.2 Å². The van der Waals surface area contributed by atoms with E-state index in [2.05, 4.69) is 4.98 Å². The zero-order valence-electron chi connectivity index (χ0n) is 15.2. The first-order chi connectivity index (χ1) is 14.0. The van der Waals surface area contributed by atoms with Gasteiger partial charge in [0.15, 0.2) is 0 Å². The molecule has 29 heavy (non-hydrogen) atoms. The van der Waals surface area contributed by atoms with E-state index in [1.807, 2.05) is 0 Å². The third-order valence-corrected chi connectivity index (χ3v) is 4.79. The van der Waals surface area contributed by atoms with Crippen molar-refractivity contribution in [3.05, 3.63) is 93.9 Å². The Hall–Kier alpha value is -3.87. The van der Waals surface area contributed by atoms with E-state index in [1.54, 1.807) is 42.5 Å². The highest BCUT2D eigenvalue weighted by molar-refractivity contribution is 5.87. The van der Waals surface area contributed by atoms with Gasteiger partial charge in [0.05, 0.1) is 23.8 Å². The van der Waals surface area contributed by atoms with Crippen molar-refractivity contribution in [3.63, 3.8) is 0 Å². The zero-order valence-corrected chi connectivity index (χ0v) is 15.2. The summed E-state index contributed by atoms with van der Waals surface area (Å²) in [6.45, 7) is -0.257. The number of para-hydroxylation sites is 2. The van der Waals surface area contributed by atoms with Crippen molar-refractivity contribution in [3.8, 4) is 11.1 Å². The molecule has 3 aromatic carbocycles. The first-order valence-corrected chi connectivity index (χ1v) is 8.81. The Morgan fingerprint density at radius 2 is 1.76 bits per heavy atom. The molecular weight excluding hydrogens is 374 g/mol. The maximum Gasteiger partial charge on any atom is 0.269 e. The number of nitrogens with one attached hydrogen (secondary N) is 1. The fourth-order valence-electron chi connectivity index (χ4n) is 3.24. The zero-order chi connectivity index (χ0) is 20.5. The number of nitrogens with zero attached hydrogens (tertiary/aromatic N) is 2. The smallest absolute Gasteiger partial charge is 0.269 e. The molecule has 4 aromatic rings. The summed E-state index contributed by atoms with van der Waals surface area (Å²) in [5.74, 6) is -1.53. The fraction of sp³-hybridized carbons (Fsp3) is 0.0455. The number of benzene rings is 3. The number of nitrogens with two attached hydrogens (primary N) is 1. The number of aromatic nitrogens is 2. The summed E-state index contributed by atoms with van der Waals surface area (Å²) in [6, 6.07) is 14.2. The summed E-state index contributed by atoms with van der Waals surface area (Å²) >= 11 is 0. The van der Waals surface area contributed by atoms with E-state index in [0.717, 1.165) is 12.4 Å². The van der Waals surface area contributed by atoms with Crippen LogP contribution in [-0.4, -0.2) is 15.8 Å². The Morgan fingerprint density at radius 3 is 2.48 bits per heavy atom. The average molecular weight is 390 g/mol. The van der Waals surface area contributed by atoms with Gasteiger partial charge in [0.1, 0.15) is 11.6 Å². The summed E-state index contributed by atoms with van der Waals surface area (Å²) in [7, 11) is 0. The van der Waals surface area contributed by atoms with E-state index in [0.29, 0.717) is 33.4 Å². The molecule has 0 unspecified atom stereocenters. The van der Waals surface area contributed by atoms with Gasteiger partial charge in [-0.05, 0) is 47.5 Å². The molecule has 1 heterocycles. The minimum atomic E-state index is -0.763. The number of rotatable bonds is 4. The molecule has 144 valence electrons. The number of hydrogen-bond acceptors (Lipinski definition) is 4. The quantitative estimate of drug-likeness (QED) is 0.408. The molecule has 0 aliphatic heterocycles. The van der Waals surface area contributed by atoms with E-state index < -0.39 is 17.2 Å². The maximum absolute atomic E-state index is 14.8. The monoisotopic (exact) mass is 390 g/mol. The van der Waals surface area contributed by atoms with Crippen LogP contribution >= 0.6 is 0 Å². The molecular formula is C22H16F2N4O. The summed E-state index contributed by atoms with van der Waals surface area (Å²) in [5.41, 5.74) is 7.89. The van der Waals surface area contributed by atoms with Gasteiger partial charge in [0.2, 0.25) is 0 Å². The average Bonchev–Trinajstić information content (AvgIpc) is 2.72. The number of nitrogen functional groups attached to an aromatic ring is 1. The molecule has 0 atom stereocenters. The van der Waals surface area contributed by atoms with E-state index >= 15 is 0 Å². The fourth-order valence-corrected chi connectivity index (χ4v) is 3.24. The van der Waals surface area contributed by atoms with Gasteiger partial charge in [-0.2, -0.15) is 0 Å². The molecule has 3 N–H and O–H groups in total. The van der Waals surface area contributed by atoms with E-state index in [1.165, 1.54) is 16.7 Å². The maximum atomic E-state index is 14.8. The predicted molar refractivity (Wildman–Crippen MR) is 109 cm³/mol. The first-order valence-electron chi connectivity index (χ1n) is 8.81. The minimum Gasteiger partial charge on any atom is -0.398 e. The number of halogens is 2. The SMILES string of the molecule is N=Cc1cc(-c2cc(F)c(Cn3c(=O)cnc4ccccc43)c(F)c2)ccc1N. The van der Waals surface area contributed by atoms with Crippen LogP contribution in [0.5, 0.6) is 0 Å². The van der Waals surface area contributed by atoms with E-state index in [-0.39, 0.29) is 12.1 Å². The first kappa shape index (κ1) is 18.5. The largest absolute Gasteiger partial charge is 0.398 e. The molecule has 0 fully saturated rings. The summed E-state index contributed by atoms with van der Waals surface area (Å²) < 4.78 is 31.0. The van der Waals surface area contributed by atoms with E-state index in [4.69, 9.17) is 11.1 Å². The molecule has 0 aliphatic rings. The molecule has 0 radical (unpaired) electrons. The molecule has 0 aliphatic carbocycles. The van der Waals surface area contributed by atoms with Crippen LogP contribution < -0.4 is 11.3 Å². The molecule has 0 spiro atoms. The van der Waals surface area contributed by atoms with Crippen LogP contribution in [-0.2, 0) is 6.54 Å². The van der Waals surface area contributed by atoms with Crippen molar-refractivity contribution in [1.82, 2.24) is 9.55 Å². The van der Waals surface area contributed by atoms with Crippen molar-refractivity contribution in [2.75, 3.05) is 5.73 Å². The van der Waals surface area contributed by atoms with E-state index in [9.17, 15) is 13.6 Å². The lowest BCUT2D eigenvalue weighted by atomic mass is 10.00. The van der Waals surface area contributed by atoms with Gasteiger partial charge in [0.25, 0.3) is 5.56 Å². The van der Waals surface area contributed by atoms with Gasteiger partial charge in [-0.15, -0.1) is 0 Å². The Morgan fingerprint density at radius 1 is 1.03 bits per heavy atom. The Bertz CT molecular complexity index is 1290. The standard InChI is InChI=1S/C22H16F2N4O/c23-17-8-14(13-5-6-19(26)15(7-13)10-25)9-18(24)16(17)12-28-21-4-2-1-3-20(21)27-11-22(28)29/h1-11,25H,12,26H2. The van der Waals surface area contributed by atoms with Crippen molar-refractivity contribution < 1.29 is 8.78 Å². The molecule has 0 saturated carbocycles. The third-order valence-electron chi connectivity index (χ3n) is 4.79. The second kappa shape index (κ2) is 7.27. The number of hydrogen-bond donors (Lipinski definition) is 2. The molecule has 7 heteroatoms. The molecule has 0 saturated heterocycles. The van der Waals surface area contributed by atoms with Gasteiger partial charge in [0, 0.05) is 23.0 Å². The summed E-state index contributed by atoms with van der Waals surface area (Å²) in [5, 5.41) is 7.38. The molecule has 0 bridgehead atoms. The van der Waals surface area contributed by atoms with Crippen molar-refractivity contribution >= 4 is 22.9 Å². The Balaban J connectivity index is 1.79. The van der Waals surface area contributed by atoms with Crippen LogP contribution in [0.2, 0.25) is 0 Å². The van der Waals surface area contributed by atoms with Crippen LogP contribution in [0.1, 0.15) is 11.1 Å². The van der Waals surface area contributed by atoms with Gasteiger partial charge in [-0.25, -0.2) is 13.8 Å². The Kier molecular flexibility index (Phi) is 4.64. The lowest BCUT2D eigenvalue weighted by Gasteiger charge is -2.13. The lowest BCUT2D eigenvalue weighted by molar-refractivity contribution is 0.545. The van der Waals surface area contributed by atoms with Gasteiger partial charge in [-0.3, -0.25) is 4.79 Å². The molecule has 4 rings (SSSR count).